The quantitative estimate of drug-likeness (QED) is 0.826. The van der Waals surface area contributed by atoms with Crippen LogP contribution in [-0.2, 0) is 16.4 Å². The minimum atomic E-state index is -3.42. The fourth-order valence-corrected chi connectivity index (χ4v) is 3.54. The van der Waals surface area contributed by atoms with Crippen LogP contribution in [0.25, 0.3) is 0 Å². The first kappa shape index (κ1) is 15.0. The molecule has 0 atom stereocenters. The molecule has 1 aromatic carbocycles. The molecule has 0 unspecified atom stereocenters. The minimum absolute atomic E-state index is 0.296. The molecule has 20 heavy (non-hydrogen) atoms. The highest BCUT2D eigenvalue weighted by Crippen LogP contribution is 2.14. The van der Waals surface area contributed by atoms with Gasteiger partial charge in [-0.2, -0.15) is 11.3 Å². The average Bonchev–Trinajstić information content (AvgIpc) is 2.93. The van der Waals surface area contributed by atoms with Crippen molar-refractivity contribution in [3.8, 4) is 0 Å². The van der Waals surface area contributed by atoms with Crippen molar-refractivity contribution in [2.45, 2.75) is 18.2 Å². The van der Waals surface area contributed by atoms with Crippen LogP contribution in [0, 0.1) is 0 Å². The third-order valence-corrected chi connectivity index (χ3v) is 5.04. The SMILES string of the molecule is CCNc1ccc(S(=O)(=O)NCCc2ccsc2)cc1. The van der Waals surface area contributed by atoms with E-state index in [1.807, 2.05) is 23.8 Å². The predicted molar refractivity (Wildman–Crippen MR) is 83.8 cm³/mol. The van der Waals surface area contributed by atoms with Crippen LogP contribution in [0.15, 0.2) is 46.0 Å². The molecule has 0 aliphatic heterocycles. The van der Waals surface area contributed by atoms with Gasteiger partial charge in [0.1, 0.15) is 0 Å². The zero-order valence-electron chi connectivity index (χ0n) is 11.3. The highest BCUT2D eigenvalue weighted by Gasteiger charge is 2.12. The molecule has 2 rings (SSSR count). The molecule has 1 heterocycles. The Morgan fingerprint density at radius 3 is 2.50 bits per heavy atom. The number of benzene rings is 1. The molecule has 0 spiro atoms. The molecule has 0 fully saturated rings. The second-order valence-electron chi connectivity index (χ2n) is 4.33. The summed E-state index contributed by atoms with van der Waals surface area (Å²) < 4.78 is 26.8. The maximum Gasteiger partial charge on any atom is 0.240 e. The summed E-state index contributed by atoms with van der Waals surface area (Å²) in [6.45, 7) is 3.22. The van der Waals surface area contributed by atoms with E-state index >= 15 is 0 Å². The summed E-state index contributed by atoms with van der Waals surface area (Å²) >= 11 is 1.62. The molecule has 0 saturated heterocycles. The van der Waals surface area contributed by atoms with E-state index in [1.165, 1.54) is 0 Å². The van der Waals surface area contributed by atoms with Gasteiger partial charge in [-0.1, -0.05) is 0 Å². The highest BCUT2D eigenvalue weighted by atomic mass is 32.2. The van der Waals surface area contributed by atoms with Gasteiger partial charge in [-0.3, -0.25) is 0 Å². The van der Waals surface area contributed by atoms with Crippen LogP contribution in [0.4, 0.5) is 5.69 Å². The lowest BCUT2D eigenvalue weighted by Crippen LogP contribution is -2.25. The normalized spacial score (nSPS) is 11.4. The van der Waals surface area contributed by atoms with Crippen molar-refractivity contribution in [2.75, 3.05) is 18.4 Å². The van der Waals surface area contributed by atoms with E-state index in [2.05, 4.69) is 10.0 Å². The molecule has 1 aromatic heterocycles. The van der Waals surface area contributed by atoms with Crippen LogP contribution in [-0.4, -0.2) is 21.5 Å². The minimum Gasteiger partial charge on any atom is -0.385 e. The molecule has 0 saturated carbocycles. The molecule has 2 N–H and O–H groups in total. The van der Waals surface area contributed by atoms with E-state index in [1.54, 1.807) is 35.6 Å². The Balaban J connectivity index is 1.95. The lowest BCUT2D eigenvalue weighted by Gasteiger charge is -2.08. The zero-order valence-corrected chi connectivity index (χ0v) is 12.9. The standard InChI is InChI=1S/C14H18N2O2S2/c1-2-15-13-3-5-14(6-4-13)20(17,18)16-9-7-12-8-10-19-11-12/h3-6,8,10-11,15-16H,2,7,9H2,1H3. The number of thiophene rings is 1. The Hall–Kier alpha value is -1.37. The van der Waals surface area contributed by atoms with Gasteiger partial charge in [-0.15, -0.1) is 0 Å². The third kappa shape index (κ3) is 4.06. The van der Waals surface area contributed by atoms with E-state index in [0.717, 1.165) is 17.8 Å². The smallest absolute Gasteiger partial charge is 0.240 e. The van der Waals surface area contributed by atoms with E-state index in [4.69, 9.17) is 0 Å². The summed E-state index contributed by atoms with van der Waals surface area (Å²) in [5.41, 5.74) is 2.07. The first-order valence-electron chi connectivity index (χ1n) is 6.46. The van der Waals surface area contributed by atoms with E-state index < -0.39 is 10.0 Å². The third-order valence-electron chi connectivity index (χ3n) is 2.83. The fourth-order valence-electron chi connectivity index (χ4n) is 1.80. The van der Waals surface area contributed by atoms with Crippen molar-refractivity contribution in [1.29, 1.82) is 0 Å². The van der Waals surface area contributed by atoms with E-state index in [0.29, 0.717) is 17.9 Å². The number of hydrogen-bond donors (Lipinski definition) is 2. The Morgan fingerprint density at radius 1 is 1.15 bits per heavy atom. The lowest BCUT2D eigenvalue weighted by molar-refractivity contribution is 0.581. The molecule has 0 aliphatic carbocycles. The van der Waals surface area contributed by atoms with Crippen LogP contribution in [0.2, 0.25) is 0 Å². The lowest BCUT2D eigenvalue weighted by atomic mass is 10.2. The number of sulfonamides is 1. The van der Waals surface area contributed by atoms with Crippen molar-refractivity contribution >= 4 is 27.0 Å². The largest absolute Gasteiger partial charge is 0.385 e. The predicted octanol–water partition coefficient (Wildman–Crippen LogP) is 2.70. The summed E-state index contributed by atoms with van der Waals surface area (Å²) in [6.07, 6.45) is 0.707. The van der Waals surface area contributed by atoms with Crippen LogP contribution in [0.3, 0.4) is 0 Å². The van der Waals surface area contributed by atoms with Gasteiger partial charge < -0.3 is 5.32 Å². The van der Waals surface area contributed by atoms with E-state index in [-0.39, 0.29) is 0 Å². The number of rotatable bonds is 7. The van der Waals surface area contributed by atoms with Crippen LogP contribution >= 0.6 is 11.3 Å². The van der Waals surface area contributed by atoms with Gasteiger partial charge in [0.2, 0.25) is 10.0 Å². The molecule has 0 aliphatic rings. The molecule has 2 aromatic rings. The maximum atomic E-state index is 12.1. The monoisotopic (exact) mass is 310 g/mol. The molecule has 0 radical (unpaired) electrons. The van der Waals surface area contributed by atoms with Gasteiger partial charge in [0.15, 0.2) is 0 Å². The van der Waals surface area contributed by atoms with Crippen molar-refractivity contribution in [3.63, 3.8) is 0 Å². The van der Waals surface area contributed by atoms with Gasteiger partial charge in [0.05, 0.1) is 4.90 Å². The zero-order chi connectivity index (χ0) is 14.4. The Bertz CT molecular complexity index is 620. The second-order valence-corrected chi connectivity index (χ2v) is 6.88. The van der Waals surface area contributed by atoms with Crippen molar-refractivity contribution in [1.82, 2.24) is 4.72 Å². The summed E-state index contributed by atoms with van der Waals surface area (Å²) in [4.78, 5) is 0.296. The number of hydrogen-bond acceptors (Lipinski definition) is 4. The second kappa shape index (κ2) is 6.88. The molecule has 4 nitrogen and oxygen atoms in total. The Morgan fingerprint density at radius 2 is 1.90 bits per heavy atom. The van der Waals surface area contributed by atoms with Crippen molar-refractivity contribution in [3.05, 3.63) is 46.7 Å². The maximum absolute atomic E-state index is 12.1. The molecular formula is C14H18N2O2S2. The van der Waals surface area contributed by atoms with Crippen LogP contribution in [0.5, 0.6) is 0 Å². The molecule has 108 valence electrons. The molecule has 0 bridgehead atoms. The van der Waals surface area contributed by atoms with Gasteiger partial charge >= 0.3 is 0 Å². The van der Waals surface area contributed by atoms with Gasteiger partial charge in [0, 0.05) is 18.8 Å². The van der Waals surface area contributed by atoms with Crippen molar-refractivity contribution in [2.24, 2.45) is 0 Å². The fraction of sp³-hybridized carbons (Fsp3) is 0.286. The topological polar surface area (TPSA) is 58.2 Å². The number of nitrogens with one attached hydrogen (secondary N) is 2. The molecular weight excluding hydrogens is 292 g/mol. The Kier molecular flexibility index (Phi) is 5.17. The van der Waals surface area contributed by atoms with Gasteiger partial charge in [-0.25, -0.2) is 13.1 Å². The number of anilines is 1. The molecule has 0 amide bonds. The summed E-state index contributed by atoms with van der Waals surface area (Å²) in [6, 6.07) is 8.79. The summed E-state index contributed by atoms with van der Waals surface area (Å²) in [5.74, 6) is 0. The summed E-state index contributed by atoms with van der Waals surface area (Å²) in [5, 5.41) is 7.15. The summed E-state index contributed by atoms with van der Waals surface area (Å²) in [7, 11) is -3.42. The van der Waals surface area contributed by atoms with Crippen LogP contribution < -0.4 is 10.0 Å². The first-order valence-corrected chi connectivity index (χ1v) is 8.89. The Labute approximate surface area is 123 Å². The van der Waals surface area contributed by atoms with Crippen molar-refractivity contribution < 1.29 is 8.42 Å². The van der Waals surface area contributed by atoms with Crippen LogP contribution in [0.1, 0.15) is 12.5 Å². The molecule has 6 heteroatoms. The first-order chi connectivity index (χ1) is 9.62. The van der Waals surface area contributed by atoms with E-state index in [9.17, 15) is 8.42 Å². The average molecular weight is 310 g/mol. The van der Waals surface area contributed by atoms with Gasteiger partial charge in [-0.05, 0) is 60.0 Å². The highest BCUT2D eigenvalue weighted by molar-refractivity contribution is 7.89. The van der Waals surface area contributed by atoms with Gasteiger partial charge in [0.25, 0.3) is 0 Å².